The molecule has 0 radical (unpaired) electrons. The second-order valence-corrected chi connectivity index (χ2v) is 14.1. The summed E-state index contributed by atoms with van der Waals surface area (Å²) in [4.78, 5) is 12.7. The Morgan fingerprint density at radius 1 is 1.17 bits per heavy atom. The van der Waals surface area contributed by atoms with Gasteiger partial charge in [-0.3, -0.25) is 4.79 Å². The van der Waals surface area contributed by atoms with Gasteiger partial charge in [-0.1, -0.05) is 48.8 Å². The van der Waals surface area contributed by atoms with Crippen LogP contribution in [0.1, 0.15) is 98.8 Å². The highest BCUT2D eigenvalue weighted by atomic mass is 33.1. The molecule has 3 fully saturated rings. The Hall–Kier alpha value is 0.0900. The number of rotatable bonds is 7. The normalized spacial score (nSPS) is 38.8. The maximum Gasteiger partial charge on any atom is 0.220 e. The Morgan fingerprint density at radius 3 is 2.60 bits per heavy atom. The van der Waals surface area contributed by atoms with Crippen LogP contribution >= 0.6 is 21.6 Å². The van der Waals surface area contributed by atoms with Crippen LogP contribution in [-0.2, 0) is 4.79 Å². The van der Waals surface area contributed by atoms with Crippen molar-refractivity contribution in [2.75, 3.05) is 5.75 Å². The number of hydrogen-bond acceptors (Lipinski definition) is 4. The Balaban J connectivity index is 1.57. The summed E-state index contributed by atoms with van der Waals surface area (Å²) in [6, 6.07) is 0.139. The van der Waals surface area contributed by atoms with Crippen LogP contribution < -0.4 is 10.4 Å². The van der Waals surface area contributed by atoms with Gasteiger partial charge in [0.2, 0.25) is 5.91 Å². The minimum absolute atomic E-state index is 0.139. The molecule has 2 saturated heterocycles. The lowest BCUT2D eigenvalue weighted by molar-refractivity contribution is -0.966. The van der Waals surface area contributed by atoms with E-state index in [0.717, 1.165) is 43.8 Å². The lowest BCUT2D eigenvalue weighted by atomic mass is 9.60. The number of quaternary nitrogens is 1. The van der Waals surface area contributed by atoms with Gasteiger partial charge in [-0.05, 0) is 57.8 Å². The summed E-state index contributed by atoms with van der Waals surface area (Å²) in [7, 11) is 4.02. The minimum Gasteiger partial charge on any atom is -0.634 e. The molecule has 2 N–H and O–H groups in total. The van der Waals surface area contributed by atoms with Crippen LogP contribution in [-0.4, -0.2) is 34.0 Å². The number of amides is 1. The maximum absolute atomic E-state index is 13.7. The summed E-state index contributed by atoms with van der Waals surface area (Å²) in [6.07, 6.45) is 10.4. The van der Waals surface area contributed by atoms with E-state index in [1.807, 2.05) is 21.6 Å². The van der Waals surface area contributed by atoms with Crippen LogP contribution in [0.4, 0.5) is 0 Å². The highest BCUT2D eigenvalue weighted by molar-refractivity contribution is 8.77. The van der Waals surface area contributed by atoms with Crippen molar-refractivity contribution in [3.63, 3.8) is 0 Å². The summed E-state index contributed by atoms with van der Waals surface area (Å²) in [5, 5.41) is 18.3. The van der Waals surface area contributed by atoms with Crippen molar-refractivity contribution in [2.45, 2.75) is 121 Å². The molecule has 0 aromatic rings. The summed E-state index contributed by atoms with van der Waals surface area (Å²) in [5.74, 6) is 3.14. The van der Waals surface area contributed by atoms with Gasteiger partial charge >= 0.3 is 0 Å². The van der Waals surface area contributed by atoms with E-state index in [1.165, 1.54) is 25.0 Å². The molecule has 2 aliphatic heterocycles. The second kappa shape index (κ2) is 10.4. The van der Waals surface area contributed by atoms with E-state index in [0.29, 0.717) is 29.2 Å². The van der Waals surface area contributed by atoms with Gasteiger partial charge in [0.25, 0.3) is 0 Å². The first-order valence-corrected chi connectivity index (χ1v) is 14.6. The van der Waals surface area contributed by atoms with Gasteiger partial charge in [-0.2, -0.15) is 0 Å². The van der Waals surface area contributed by atoms with E-state index >= 15 is 0 Å². The van der Waals surface area contributed by atoms with Crippen molar-refractivity contribution in [1.82, 2.24) is 5.32 Å². The molecule has 174 valence electrons. The number of carbonyl (C=O) groups excluding carboxylic acids is 1. The molecule has 2 heterocycles. The zero-order valence-electron chi connectivity index (χ0n) is 19.8. The van der Waals surface area contributed by atoms with Gasteiger partial charge in [-0.15, -0.1) is 0 Å². The van der Waals surface area contributed by atoms with Crippen molar-refractivity contribution in [3.8, 4) is 0 Å². The topological polar surface area (TPSA) is 56.6 Å². The number of hydrogen-bond donors (Lipinski definition) is 2. The Morgan fingerprint density at radius 2 is 1.93 bits per heavy atom. The molecular weight excluding hydrogens is 412 g/mol. The highest BCUT2D eigenvalue weighted by Gasteiger charge is 2.56. The van der Waals surface area contributed by atoms with Gasteiger partial charge in [0.15, 0.2) is 0 Å². The fourth-order valence-corrected chi connectivity index (χ4v) is 9.32. The summed E-state index contributed by atoms with van der Waals surface area (Å²) < 4.78 is 0. The molecule has 0 bridgehead atoms. The van der Waals surface area contributed by atoms with Gasteiger partial charge in [0.1, 0.15) is 5.54 Å². The lowest BCUT2D eigenvalue weighted by Crippen LogP contribution is -3.25. The first kappa shape index (κ1) is 24.7. The molecule has 1 saturated carbocycles. The molecule has 6 heteroatoms. The number of nitrogens with one attached hydrogen (secondary N) is 2. The Kier molecular flexibility index (Phi) is 8.53. The fourth-order valence-electron chi connectivity index (χ4n) is 6.29. The molecule has 0 aromatic heterocycles. The van der Waals surface area contributed by atoms with Crippen molar-refractivity contribution in [2.24, 2.45) is 17.8 Å². The fraction of sp³-hybridized carbons (Fsp3) is 0.958. The third-order valence-corrected chi connectivity index (χ3v) is 11.2. The van der Waals surface area contributed by atoms with Gasteiger partial charge in [-0.25, -0.2) is 0 Å². The first-order chi connectivity index (χ1) is 14.1. The molecule has 0 aromatic carbocycles. The summed E-state index contributed by atoms with van der Waals surface area (Å²) in [5.41, 5.74) is -0.592. The predicted octanol–water partition coefficient (Wildman–Crippen LogP) is 4.97. The molecule has 30 heavy (non-hydrogen) atoms. The zero-order valence-corrected chi connectivity index (χ0v) is 21.4. The number of unbranched alkanes of at least 4 members (excludes halogenated alkanes) is 1. The van der Waals surface area contributed by atoms with Crippen molar-refractivity contribution < 1.29 is 9.86 Å². The number of hydroxylamine groups is 2. The second-order valence-electron chi connectivity index (χ2n) is 11.3. The molecule has 1 spiro atoms. The van der Waals surface area contributed by atoms with Crippen molar-refractivity contribution >= 4 is 27.5 Å². The number of carbonyl (C=O) groups is 1. The Bertz CT molecular complexity index is 580. The lowest BCUT2D eigenvalue weighted by Gasteiger charge is -2.62. The molecule has 3 unspecified atom stereocenters. The Labute approximate surface area is 192 Å². The standard InChI is InChI=1S/C24H44N2O2S2/c1-17(2)19-11-10-18(3)24(14-19)16-20(15-23(4,5)26(24)28)25-22(27)9-7-6-8-21-12-13-29-30-21/h17-21,26H,6-16H2,1-5H3,(H,25,27)/t18-,19-,20?,21?,24+/m1/s1. The predicted molar refractivity (Wildman–Crippen MR) is 131 cm³/mol. The average molecular weight is 457 g/mol. The van der Waals surface area contributed by atoms with Crippen LogP contribution in [0.25, 0.3) is 0 Å². The van der Waals surface area contributed by atoms with Crippen LogP contribution in [0, 0.1) is 23.0 Å². The number of piperidine rings is 1. The van der Waals surface area contributed by atoms with Crippen LogP contribution in [0.5, 0.6) is 0 Å². The SMILES string of the molecule is CC(C)[C@@H]1CC[C@@H](C)[C@@]2(CC(NC(=O)CCCCC3CCSS3)CC(C)(C)[NH+]2[O-])C1. The molecule has 1 aliphatic carbocycles. The van der Waals surface area contributed by atoms with E-state index in [-0.39, 0.29) is 23.0 Å². The first-order valence-electron chi connectivity index (χ1n) is 12.3. The van der Waals surface area contributed by atoms with Crippen LogP contribution in [0.2, 0.25) is 0 Å². The third-order valence-electron chi connectivity index (χ3n) is 8.19. The summed E-state index contributed by atoms with van der Waals surface area (Å²) in [6.45, 7) is 11.1. The average Bonchev–Trinajstić information content (AvgIpc) is 3.18. The zero-order chi connectivity index (χ0) is 21.9. The highest BCUT2D eigenvalue weighted by Crippen LogP contribution is 2.44. The quantitative estimate of drug-likeness (QED) is 0.323. The largest absolute Gasteiger partial charge is 0.634 e. The smallest absolute Gasteiger partial charge is 0.220 e. The molecule has 6 atom stereocenters. The maximum atomic E-state index is 13.7. The molecule has 4 nitrogen and oxygen atoms in total. The minimum atomic E-state index is -0.347. The van der Waals surface area contributed by atoms with Gasteiger partial charge < -0.3 is 15.6 Å². The molecular formula is C24H44N2O2S2. The van der Waals surface area contributed by atoms with E-state index in [2.05, 4.69) is 39.9 Å². The molecule has 1 amide bonds. The molecule has 3 aliphatic rings. The summed E-state index contributed by atoms with van der Waals surface area (Å²) >= 11 is 0. The van der Waals surface area contributed by atoms with E-state index in [9.17, 15) is 10.0 Å². The van der Waals surface area contributed by atoms with E-state index < -0.39 is 0 Å². The van der Waals surface area contributed by atoms with Gasteiger partial charge in [0.05, 0.1) is 5.54 Å². The van der Waals surface area contributed by atoms with Crippen molar-refractivity contribution in [3.05, 3.63) is 5.21 Å². The van der Waals surface area contributed by atoms with E-state index in [4.69, 9.17) is 0 Å². The monoisotopic (exact) mass is 456 g/mol. The van der Waals surface area contributed by atoms with Crippen LogP contribution in [0.15, 0.2) is 0 Å². The van der Waals surface area contributed by atoms with Gasteiger partial charge in [0, 0.05) is 48.6 Å². The molecule has 3 rings (SSSR count). The van der Waals surface area contributed by atoms with Crippen molar-refractivity contribution in [1.29, 1.82) is 0 Å². The third kappa shape index (κ3) is 5.71. The van der Waals surface area contributed by atoms with Crippen LogP contribution in [0.3, 0.4) is 0 Å². The van der Waals surface area contributed by atoms with E-state index in [1.54, 1.807) is 0 Å².